The van der Waals surface area contributed by atoms with Gasteiger partial charge in [-0.3, -0.25) is 9.78 Å². The Balaban J connectivity index is 2.11. The summed E-state index contributed by atoms with van der Waals surface area (Å²) in [6.07, 6.45) is 3.37. The fraction of sp³-hybridized carbons (Fsp3) is 0.143. The minimum absolute atomic E-state index is 0.0456. The summed E-state index contributed by atoms with van der Waals surface area (Å²) in [6.45, 7) is 1.89. The van der Waals surface area contributed by atoms with Crippen molar-refractivity contribution in [2.75, 3.05) is 0 Å². The number of hydrogen-bond acceptors (Lipinski definition) is 3. The number of carbonyl (C=O) groups is 1. The van der Waals surface area contributed by atoms with E-state index < -0.39 is 0 Å². The van der Waals surface area contributed by atoms with E-state index in [4.69, 9.17) is 0 Å². The molecular weight excluding hydrogens is 308 g/mol. The number of carbonyl (C=O) groups excluding carboxylic acids is 1. The quantitative estimate of drug-likeness (QED) is 0.913. The molecule has 1 atom stereocenters. The maximum atomic E-state index is 12.0. The zero-order valence-electron chi connectivity index (χ0n) is 10.3. The number of hydrogen-bond donors (Lipinski definition) is 2. The predicted molar refractivity (Wildman–Crippen MR) is 75.9 cm³/mol. The number of phenols is 1. The highest BCUT2D eigenvalue weighted by atomic mass is 79.9. The van der Waals surface area contributed by atoms with Gasteiger partial charge in [0.2, 0.25) is 0 Å². The van der Waals surface area contributed by atoms with E-state index in [9.17, 15) is 9.90 Å². The summed E-state index contributed by atoms with van der Waals surface area (Å²) < 4.78 is 0.561. The molecule has 1 unspecified atom stereocenters. The molecule has 5 heteroatoms. The van der Waals surface area contributed by atoms with Gasteiger partial charge in [-0.15, -0.1) is 0 Å². The third-order valence-corrected chi connectivity index (χ3v) is 3.43. The largest absolute Gasteiger partial charge is 0.507 e. The molecule has 0 saturated carbocycles. The monoisotopic (exact) mass is 320 g/mol. The van der Waals surface area contributed by atoms with Crippen molar-refractivity contribution in [1.82, 2.24) is 10.3 Å². The molecule has 2 aromatic rings. The molecular formula is C14H13BrN2O2. The van der Waals surface area contributed by atoms with Gasteiger partial charge in [-0.1, -0.05) is 0 Å². The van der Waals surface area contributed by atoms with Crippen LogP contribution in [0.5, 0.6) is 5.75 Å². The van der Waals surface area contributed by atoms with E-state index in [1.54, 1.807) is 24.5 Å². The molecule has 0 aliphatic carbocycles. The van der Waals surface area contributed by atoms with Crippen LogP contribution in [0.25, 0.3) is 0 Å². The number of nitrogens with zero attached hydrogens (tertiary/aromatic N) is 1. The number of phenolic OH excluding ortho intramolecular Hbond substituents is 1. The Bertz CT molecular complexity index is 587. The molecule has 1 aromatic carbocycles. The fourth-order valence-electron chi connectivity index (χ4n) is 1.67. The number of benzene rings is 1. The van der Waals surface area contributed by atoms with Crippen LogP contribution in [-0.2, 0) is 0 Å². The first-order chi connectivity index (χ1) is 9.08. The van der Waals surface area contributed by atoms with Gasteiger partial charge >= 0.3 is 0 Å². The molecule has 0 bridgehead atoms. The fourth-order valence-corrected chi connectivity index (χ4v) is 1.92. The van der Waals surface area contributed by atoms with Gasteiger partial charge in [0.1, 0.15) is 5.75 Å². The standard InChI is InChI=1S/C14H13BrN2O2/c1-9(10-4-6-16-7-5-10)17-14(19)11-2-3-12(15)13(18)8-11/h2-9,18H,1H3,(H,17,19). The second-order valence-electron chi connectivity index (χ2n) is 4.14. The van der Waals surface area contributed by atoms with Crippen molar-refractivity contribution in [1.29, 1.82) is 0 Å². The highest BCUT2D eigenvalue weighted by Gasteiger charge is 2.12. The van der Waals surface area contributed by atoms with Crippen molar-refractivity contribution >= 4 is 21.8 Å². The molecule has 0 aliphatic heterocycles. The second kappa shape index (κ2) is 5.84. The van der Waals surface area contributed by atoms with Gasteiger partial charge in [-0.2, -0.15) is 0 Å². The summed E-state index contributed by atoms with van der Waals surface area (Å²) in [7, 11) is 0. The van der Waals surface area contributed by atoms with Crippen LogP contribution in [0.3, 0.4) is 0 Å². The average Bonchev–Trinajstić information content (AvgIpc) is 2.42. The van der Waals surface area contributed by atoms with Gasteiger partial charge in [0.05, 0.1) is 10.5 Å². The van der Waals surface area contributed by atoms with E-state index in [0.29, 0.717) is 10.0 Å². The van der Waals surface area contributed by atoms with Crippen LogP contribution < -0.4 is 5.32 Å². The maximum absolute atomic E-state index is 12.0. The lowest BCUT2D eigenvalue weighted by Crippen LogP contribution is -2.26. The van der Waals surface area contributed by atoms with E-state index in [1.165, 1.54) is 6.07 Å². The molecule has 1 amide bonds. The van der Waals surface area contributed by atoms with Crippen molar-refractivity contribution in [3.05, 3.63) is 58.3 Å². The van der Waals surface area contributed by atoms with E-state index in [-0.39, 0.29) is 17.7 Å². The summed E-state index contributed by atoms with van der Waals surface area (Å²) in [4.78, 5) is 16.0. The Hall–Kier alpha value is -1.88. The number of halogens is 1. The third kappa shape index (κ3) is 3.32. The van der Waals surface area contributed by atoms with Gasteiger partial charge in [0, 0.05) is 18.0 Å². The lowest BCUT2D eigenvalue weighted by Gasteiger charge is -2.14. The van der Waals surface area contributed by atoms with Crippen LogP contribution in [0.15, 0.2) is 47.2 Å². The Morgan fingerprint density at radius 2 is 2.00 bits per heavy atom. The number of aromatic hydroxyl groups is 1. The lowest BCUT2D eigenvalue weighted by molar-refractivity contribution is 0.0939. The second-order valence-corrected chi connectivity index (χ2v) is 5.00. The molecule has 2 rings (SSSR count). The summed E-state index contributed by atoms with van der Waals surface area (Å²) >= 11 is 3.18. The van der Waals surface area contributed by atoms with Crippen molar-refractivity contribution in [2.45, 2.75) is 13.0 Å². The lowest BCUT2D eigenvalue weighted by atomic mass is 10.1. The summed E-state index contributed by atoms with van der Waals surface area (Å²) in [5.41, 5.74) is 1.39. The van der Waals surface area contributed by atoms with E-state index >= 15 is 0 Å². The molecule has 0 saturated heterocycles. The van der Waals surface area contributed by atoms with Crippen LogP contribution in [0, 0.1) is 0 Å². The molecule has 4 nitrogen and oxygen atoms in total. The van der Waals surface area contributed by atoms with Crippen molar-refractivity contribution in [3.8, 4) is 5.75 Å². The van der Waals surface area contributed by atoms with Crippen LogP contribution in [-0.4, -0.2) is 16.0 Å². The number of rotatable bonds is 3. The molecule has 0 radical (unpaired) electrons. The van der Waals surface area contributed by atoms with Gasteiger partial charge in [-0.05, 0) is 58.7 Å². The molecule has 19 heavy (non-hydrogen) atoms. The van der Waals surface area contributed by atoms with Gasteiger partial charge < -0.3 is 10.4 Å². The van der Waals surface area contributed by atoms with Gasteiger partial charge in [0.15, 0.2) is 0 Å². The first-order valence-electron chi connectivity index (χ1n) is 5.77. The zero-order chi connectivity index (χ0) is 13.8. The molecule has 1 aromatic heterocycles. The molecule has 2 N–H and O–H groups in total. The Kier molecular flexibility index (Phi) is 4.16. The molecule has 0 fully saturated rings. The summed E-state index contributed by atoms with van der Waals surface area (Å²) in [6, 6.07) is 8.30. The number of amides is 1. The molecule has 98 valence electrons. The van der Waals surface area contributed by atoms with Crippen LogP contribution in [0.2, 0.25) is 0 Å². The predicted octanol–water partition coefficient (Wildman–Crippen LogP) is 3.04. The summed E-state index contributed by atoms with van der Waals surface area (Å²) in [5, 5.41) is 12.4. The molecule has 1 heterocycles. The van der Waals surface area contributed by atoms with Crippen molar-refractivity contribution in [2.24, 2.45) is 0 Å². The molecule has 0 aliphatic rings. The van der Waals surface area contributed by atoms with Crippen LogP contribution in [0.4, 0.5) is 0 Å². The number of nitrogens with one attached hydrogen (secondary N) is 1. The normalized spacial score (nSPS) is 11.9. The zero-order valence-corrected chi connectivity index (χ0v) is 11.9. The first-order valence-corrected chi connectivity index (χ1v) is 6.56. The smallest absolute Gasteiger partial charge is 0.251 e. The minimum atomic E-state index is -0.230. The average molecular weight is 321 g/mol. The Labute approximate surface area is 119 Å². The summed E-state index contributed by atoms with van der Waals surface area (Å²) in [5.74, 6) is -0.184. The highest BCUT2D eigenvalue weighted by molar-refractivity contribution is 9.10. The first kappa shape index (κ1) is 13.5. The topological polar surface area (TPSA) is 62.2 Å². The van der Waals surface area contributed by atoms with Crippen molar-refractivity contribution in [3.63, 3.8) is 0 Å². The number of aromatic nitrogens is 1. The minimum Gasteiger partial charge on any atom is -0.507 e. The Morgan fingerprint density at radius 1 is 1.32 bits per heavy atom. The Morgan fingerprint density at radius 3 is 2.63 bits per heavy atom. The van der Waals surface area contributed by atoms with E-state index in [0.717, 1.165) is 5.56 Å². The van der Waals surface area contributed by atoms with E-state index in [2.05, 4.69) is 26.2 Å². The van der Waals surface area contributed by atoms with Gasteiger partial charge in [-0.25, -0.2) is 0 Å². The van der Waals surface area contributed by atoms with Crippen LogP contribution >= 0.6 is 15.9 Å². The maximum Gasteiger partial charge on any atom is 0.251 e. The highest BCUT2D eigenvalue weighted by Crippen LogP contribution is 2.24. The van der Waals surface area contributed by atoms with Crippen LogP contribution in [0.1, 0.15) is 28.9 Å². The number of pyridine rings is 1. The van der Waals surface area contributed by atoms with Gasteiger partial charge in [0.25, 0.3) is 5.91 Å². The molecule has 0 spiro atoms. The van der Waals surface area contributed by atoms with Crippen molar-refractivity contribution < 1.29 is 9.90 Å². The SMILES string of the molecule is CC(NC(=O)c1ccc(Br)c(O)c1)c1ccncc1. The third-order valence-electron chi connectivity index (χ3n) is 2.76. The van der Waals surface area contributed by atoms with E-state index in [1.807, 2.05) is 19.1 Å².